The number of benzene rings is 2. The van der Waals surface area contributed by atoms with Crippen LogP contribution in [0.4, 0.5) is 0 Å². The summed E-state index contributed by atoms with van der Waals surface area (Å²) in [7, 11) is 0. The van der Waals surface area contributed by atoms with E-state index in [0.29, 0.717) is 0 Å². The summed E-state index contributed by atoms with van der Waals surface area (Å²) in [5, 5.41) is 0. The molecule has 0 amide bonds. The van der Waals surface area contributed by atoms with E-state index < -0.39 is 0 Å². The Morgan fingerprint density at radius 2 is 1.14 bits per heavy atom. The van der Waals surface area contributed by atoms with Crippen LogP contribution in [0.25, 0.3) is 11.1 Å². The summed E-state index contributed by atoms with van der Waals surface area (Å²) in [4.78, 5) is 0. The van der Waals surface area contributed by atoms with E-state index in [1.54, 1.807) is 0 Å². The lowest BCUT2D eigenvalue weighted by Crippen LogP contribution is -2.11. The average Bonchev–Trinajstić information content (AvgIpc) is 2.73. The Morgan fingerprint density at radius 3 is 1.76 bits per heavy atom. The summed E-state index contributed by atoms with van der Waals surface area (Å²) < 4.78 is 0. The Labute approximate surface area is 129 Å². The lowest BCUT2D eigenvalue weighted by molar-refractivity contribution is 0.590. The fourth-order valence-corrected chi connectivity index (χ4v) is 2.94. The summed E-state index contributed by atoms with van der Waals surface area (Å²) >= 11 is 0. The largest absolute Gasteiger partial charge is 0.0582 e. The minimum atomic E-state index is 0.198. The third-order valence-corrected chi connectivity index (χ3v) is 4.44. The van der Waals surface area contributed by atoms with Crippen molar-refractivity contribution >= 4 is 0 Å². The number of hydrogen-bond donors (Lipinski definition) is 0. The summed E-state index contributed by atoms with van der Waals surface area (Å²) in [6.07, 6.45) is 2.33. The molecule has 2 aromatic carbocycles. The zero-order valence-electron chi connectivity index (χ0n) is 14.0. The normalized spacial score (nSPS) is 14.0. The van der Waals surface area contributed by atoms with Crippen molar-refractivity contribution in [2.75, 3.05) is 0 Å². The monoisotopic (exact) mass is 277 g/mol. The first-order valence-corrected chi connectivity index (χ1v) is 7.80. The predicted molar refractivity (Wildman–Crippen MR) is 91.8 cm³/mol. The van der Waals surface area contributed by atoms with Crippen LogP contribution in [0.3, 0.4) is 0 Å². The van der Waals surface area contributed by atoms with Gasteiger partial charge in [0.1, 0.15) is 0 Å². The zero-order valence-corrected chi connectivity index (χ0v) is 14.0. The topological polar surface area (TPSA) is 0 Å². The van der Waals surface area contributed by atoms with E-state index in [2.05, 4.69) is 84.4 Å². The molecule has 0 heterocycles. The highest BCUT2D eigenvalue weighted by atomic mass is 14.3. The summed E-state index contributed by atoms with van der Waals surface area (Å²) in [6.45, 7) is 13.6. The first-order valence-electron chi connectivity index (χ1n) is 7.80. The van der Waals surface area contributed by atoms with Crippen molar-refractivity contribution in [1.29, 1.82) is 0 Å². The van der Waals surface area contributed by atoms with Crippen LogP contribution in [0.1, 0.15) is 63.8 Å². The molecule has 0 nitrogen and oxygen atoms in total. The highest BCUT2D eigenvalue weighted by Crippen LogP contribution is 2.41. The number of fused-ring (bicyclic) bond motifs is 3. The van der Waals surface area contributed by atoms with Crippen molar-refractivity contribution in [1.82, 2.24) is 0 Å². The molecule has 0 fully saturated rings. The Kier molecular flexibility index (Phi) is 3.06. The van der Waals surface area contributed by atoms with Gasteiger partial charge in [0, 0.05) is 6.42 Å². The molecule has 0 aromatic heterocycles. The van der Waals surface area contributed by atoms with Gasteiger partial charge in [-0.1, -0.05) is 77.9 Å². The van der Waals surface area contributed by atoms with Crippen LogP contribution in [0, 0.1) is 6.42 Å². The van der Waals surface area contributed by atoms with Crippen LogP contribution in [-0.4, -0.2) is 0 Å². The van der Waals surface area contributed by atoms with Crippen molar-refractivity contribution in [2.24, 2.45) is 0 Å². The third kappa shape index (κ3) is 2.52. The second kappa shape index (κ2) is 4.47. The van der Waals surface area contributed by atoms with Crippen LogP contribution in [0.5, 0.6) is 0 Å². The Hall–Kier alpha value is -1.56. The van der Waals surface area contributed by atoms with Crippen LogP contribution < -0.4 is 0 Å². The lowest BCUT2D eigenvalue weighted by Gasteiger charge is -2.21. The van der Waals surface area contributed by atoms with Crippen LogP contribution >= 0.6 is 0 Å². The molecule has 0 heteroatoms. The number of hydrogen-bond acceptors (Lipinski definition) is 0. The maximum Gasteiger partial charge on any atom is 0.0212 e. The second-order valence-electron chi connectivity index (χ2n) is 8.25. The first-order chi connectivity index (χ1) is 9.66. The van der Waals surface area contributed by atoms with Crippen LogP contribution in [0.15, 0.2) is 36.4 Å². The molecule has 0 saturated carbocycles. The quantitative estimate of drug-likeness (QED) is 0.482. The SMILES string of the molecule is CC(C)(C)c1ccc2c(c1)[CH]c1ccc(C(C)(C)C)cc1-2. The van der Waals surface area contributed by atoms with Gasteiger partial charge in [0.2, 0.25) is 0 Å². The average molecular weight is 277 g/mol. The molecular formula is C21H25. The molecule has 0 atom stereocenters. The van der Waals surface area contributed by atoms with Gasteiger partial charge < -0.3 is 0 Å². The number of rotatable bonds is 0. The zero-order chi connectivity index (χ0) is 15.4. The molecule has 0 N–H and O–H groups in total. The molecule has 1 aliphatic rings. The molecule has 2 aromatic rings. The highest BCUT2D eigenvalue weighted by molar-refractivity contribution is 5.82. The lowest BCUT2D eigenvalue weighted by atomic mass is 9.84. The maximum absolute atomic E-state index is 2.37. The van der Waals surface area contributed by atoms with E-state index in [-0.39, 0.29) is 10.8 Å². The van der Waals surface area contributed by atoms with Gasteiger partial charge in [-0.25, -0.2) is 0 Å². The van der Waals surface area contributed by atoms with E-state index in [4.69, 9.17) is 0 Å². The van der Waals surface area contributed by atoms with Gasteiger partial charge in [-0.05, 0) is 44.2 Å². The van der Waals surface area contributed by atoms with E-state index in [0.717, 1.165) is 0 Å². The van der Waals surface area contributed by atoms with E-state index in [1.165, 1.54) is 33.4 Å². The van der Waals surface area contributed by atoms with Crippen molar-refractivity contribution in [3.05, 3.63) is 65.1 Å². The molecule has 0 saturated heterocycles. The molecule has 3 rings (SSSR count). The molecule has 109 valence electrons. The highest BCUT2D eigenvalue weighted by Gasteiger charge is 2.24. The minimum Gasteiger partial charge on any atom is -0.0582 e. The van der Waals surface area contributed by atoms with Gasteiger partial charge in [0.05, 0.1) is 0 Å². The van der Waals surface area contributed by atoms with Gasteiger partial charge in [-0.2, -0.15) is 0 Å². The predicted octanol–water partition coefficient (Wildman–Crippen LogP) is 5.86. The third-order valence-electron chi connectivity index (χ3n) is 4.44. The van der Waals surface area contributed by atoms with Crippen LogP contribution in [-0.2, 0) is 10.8 Å². The van der Waals surface area contributed by atoms with Crippen molar-refractivity contribution in [2.45, 2.75) is 52.4 Å². The molecular weight excluding hydrogens is 252 g/mol. The molecule has 0 spiro atoms. The van der Waals surface area contributed by atoms with Gasteiger partial charge >= 0.3 is 0 Å². The second-order valence-corrected chi connectivity index (χ2v) is 8.25. The van der Waals surface area contributed by atoms with Crippen LogP contribution in [0.2, 0.25) is 0 Å². The molecule has 21 heavy (non-hydrogen) atoms. The maximum atomic E-state index is 2.37. The Balaban J connectivity index is 2.10. The van der Waals surface area contributed by atoms with Gasteiger partial charge in [-0.15, -0.1) is 0 Å². The van der Waals surface area contributed by atoms with Crippen molar-refractivity contribution in [3.63, 3.8) is 0 Å². The fraction of sp³-hybridized carbons (Fsp3) is 0.381. The first kappa shape index (κ1) is 14.4. The van der Waals surface area contributed by atoms with E-state index in [9.17, 15) is 0 Å². The summed E-state index contributed by atoms with van der Waals surface area (Å²) in [5.74, 6) is 0. The van der Waals surface area contributed by atoms with Gasteiger partial charge in [-0.3, -0.25) is 0 Å². The Bertz CT molecular complexity index is 691. The van der Waals surface area contributed by atoms with Crippen molar-refractivity contribution < 1.29 is 0 Å². The van der Waals surface area contributed by atoms with E-state index in [1.807, 2.05) is 0 Å². The molecule has 1 radical (unpaired) electrons. The van der Waals surface area contributed by atoms with Gasteiger partial charge in [0.15, 0.2) is 0 Å². The minimum absolute atomic E-state index is 0.198. The molecule has 0 unspecified atom stereocenters. The fourth-order valence-electron chi connectivity index (χ4n) is 2.94. The Morgan fingerprint density at radius 1 is 0.571 bits per heavy atom. The smallest absolute Gasteiger partial charge is 0.0212 e. The molecule has 0 bridgehead atoms. The standard InChI is InChI=1S/C21H25/c1-20(2,3)16-9-10-18-15(12-16)11-14-7-8-17(13-19(14)18)21(4,5)6/h7-13H,1-6H3. The summed E-state index contributed by atoms with van der Waals surface area (Å²) in [6, 6.07) is 13.8. The molecule has 1 aliphatic carbocycles. The van der Waals surface area contributed by atoms with E-state index >= 15 is 0 Å². The van der Waals surface area contributed by atoms with Gasteiger partial charge in [0.25, 0.3) is 0 Å². The molecule has 0 aliphatic heterocycles. The summed E-state index contributed by atoms with van der Waals surface area (Å²) in [5.41, 5.74) is 8.69. The van der Waals surface area contributed by atoms with Crippen molar-refractivity contribution in [3.8, 4) is 11.1 Å².